The fourth-order valence-corrected chi connectivity index (χ4v) is 1.90. The fraction of sp³-hybridized carbons (Fsp3) is 0.417. The first kappa shape index (κ1) is 16.7. The Morgan fingerprint density at radius 1 is 1.33 bits per heavy atom. The molecule has 0 aliphatic carbocycles. The average Bonchev–Trinajstić information content (AvgIpc) is 2.15. The molecule has 0 aliphatic heterocycles. The van der Waals surface area contributed by atoms with Gasteiger partial charge in [0, 0.05) is 10.1 Å². The lowest BCUT2D eigenvalue weighted by atomic mass is 10.00. The number of carbonyl (C=O) groups excluding carboxylic acids is 1. The van der Waals surface area contributed by atoms with E-state index in [0.29, 0.717) is 12.2 Å². The molecule has 1 rings (SSSR count). The summed E-state index contributed by atoms with van der Waals surface area (Å²) >= 11 is 0. The lowest BCUT2D eigenvalue weighted by Gasteiger charge is -2.06. The Bertz CT molecular complexity index is 423. The normalized spacial score (nSPS) is 10.4. The van der Waals surface area contributed by atoms with Crippen molar-refractivity contribution in [2.24, 2.45) is 5.73 Å². The first-order chi connectivity index (χ1) is 8.29. The highest BCUT2D eigenvalue weighted by Crippen LogP contribution is 2.15. The number of hydrogen-bond donors (Lipinski definition) is 2. The minimum absolute atomic E-state index is 0.297. The molecule has 0 saturated heterocycles. The van der Waals surface area contributed by atoms with Gasteiger partial charge in [0.15, 0.2) is 0 Å². The lowest BCUT2D eigenvalue weighted by Crippen LogP contribution is -2.14. The molecule has 1 aromatic carbocycles. The Balaban J connectivity index is 0.000000411. The quantitative estimate of drug-likeness (QED) is 0.827. The molecule has 0 aliphatic rings. The molecule has 0 heterocycles. The third-order valence-corrected chi connectivity index (χ3v) is 2.64. The van der Waals surface area contributed by atoms with Crippen molar-refractivity contribution in [2.75, 3.05) is 6.61 Å². The molecule has 0 radical (unpaired) electrons. The lowest BCUT2D eigenvalue weighted by molar-refractivity contribution is 0.0999. The van der Waals surface area contributed by atoms with Crippen molar-refractivity contribution in [3.8, 4) is 0 Å². The number of carbonyl (C=O) groups is 1. The second kappa shape index (κ2) is 7.93. The predicted molar refractivity (Wildman–Crippen MR) is 70.6 cm³/mol. The van der Waals surface area contributed by atoms with Gasteiger partial charge in [0.2, 0.25) is 5.91 Å². The van der Waals surface area contributed by atoms with Crippen molar-refractivity contribution >= 4 is 14.2 Å². The van der Waals surface area contributed by atoms with Crippen LogP contribution < -0.4 is 5.73 Å². The van der Waals surface area contributed by atoms with Crippen LogP contribution in [-0.2, 0) is 9.09 Å². The fourth-order valence-electron chi connectivity index (χ4n) is 1.68. The van der Waals surface area contributed by atoms with Crippen LogP contribution in [-0.4, -0.2) is 17.4 Å². The Hall–Kier alpha value is -1.29. The Labute approximate surface area is 108 Å². The SMILES string of the molecule is CCO[P+](=O)O.Cc1cc(C)c(C(N)=O)c(C)c1. The van der Waals surface area contributed by atoms with E-state index in [0.717, 1.165) is 16.7 Å². The first-order valence-corrected chi connectivity index (χ1v) is 6.59. The van der Waals surface area contributed by atoms with Gasteiger partial charge in [-0.05, 0) is 38.8 Å². The van der Waals surface area contributed by atoms with Gasteiger partial charge >= 0.3 is 8.25 Å². The topological polar surface area (TPSA) is 89.6 Å². The highest BCUT2D eigenvalue weighted by molar-refractivity contribution is 7.32. The van der Waals surface area contributed by atoms with Gasteiger partial charge in [0.05, 0.1) is 0 Å². The van der Waals surface area contributed by atoms with E-state index < -0.39 is 8.25 Å². The van der Waals surface area contributed by atoms with Gasteiger partial charge in [0.1, 0.15) is 6.61 Å². The number of aryl methyl sites for hydroxylation is 3. The van der Waals surface area contributed by atoms with Crippen molar-refractivity contribution in [3.63, 3.8) is 0 Å². The predicted octanol–water partition coefficient (Wildman–Crippen LogP) is 2.38. The van der Waals surface area contributed by atoms with Crippen LogP contribution in [0.4, 0.5) is 0 Å². The van der Waals surface area contributed by atoms with Gasteiger partial charge in [-0.2, -0.15) is 0 Å². The van der Waals surface area contributed by atoms with Gasteiger partial charge in [-0.3, -0.25) is 4.79 Å². The standard InChI is InChI=1S/C10H13NO.C2H5O3P/c1-6-4-7(2)9(10(11)12)8(3)5-6;1-2-5-6(3)4/h4-5H,1-3H3,(H2,11,12);2H2,1H3/p+1. The molecule has 0 bridgehead atoms. The third-order valence-electron chi connectivity index (χ3n) is 2.16. The molecule has 3 N–H and O–H groups in total. The maximum absolute atomic E-state index is 11.0. The van der Waals surface area contributed by atoms with Crippen LogP contribution in [0.15, 0.2) is 12.1 Å². The van der Waals surface area contributed by atoms with Crippen LogP contribution in [0.5, 0.6) is 0 Å². The summed E-state index contributed by atoms with van der Waals surface area (Å²) in [7, 11) is -2.35. The van der Waals surface area contributed by atoms with Crippen LogP contribution in [0.2, 0.25) is 0 Å². The summed E-state index contributed by atoms with van der Waals surface area (Å²) in [6, 6.07) is 3.93. The maximum Gasteiger partial charge on any atom is 0.694 e. The van der Waals surface area contributed by atoms with E-state index in [-0.39, 0.29) is 5.91 Å². The molecule has 1 atom stereocenters. The molecule has 1 unspecified atom stereocenters. The number of hydrogen-bond acceptors (Lipinski definition) is 3. The molecule has 0 saturated carbocycles. The molecule has 100 valence electrons. The number of rotatable bonds is 3. The van der Waals surface area contributed by atoms with Crippen molar-refractivity contribution in [3.05, 3.63) is 34.4 Å². The van der Waals surface area contributed by atoms with E-state index >= 15 is 0 Å². The minimum atomic E-state index is -2.35. The third kappa shape index (κ3) is 5.87. The summed E-state index contributed by atoms with van der Waals surface area (Å²) in [6.45, 7) is 7.76. The van der Waals surface area contributed by atoms with Gasteiger partial charge in [0.25, 0.3) is 0 Å². The van der Waals surface area contributed by atoms with Crippen LogP contribution in [0.1, 0.15) is 34.0 Å². The van der Waals surface area contributed by atoms with Gasteiger partial charge < -0.3 is 5.73 Å². The number of benzene rings is 1. The molecule has 5 nitrogen and oxygen atoms in total. The summed E-state index contributed by atoms with van der Waals surface area (Å²) in [5, 5.41) is 0. The molecule has 0 aromatic heterocycles. The van der Waals surface area contributed by atoms with Crippen molar-refractivity contribution < 1.29 is 18.8 Å². The van der Waals surface area contributed by atoms with Crippen molar-refractivity contribution in [1.82, 2.24) is 0 Å². The molecule has 0 fully saturated rings. The number of amides is 1. The van der Waals surface area contributed by atoms with E-state index in [1.165, 1.54) is 0 Å². The second-order valence-corrected chi connectivity index (χ2v) is 4.53. The summed E-state index contributed by atoms with van der Waals surface area (Å²) < 4.78 is 13.6. The molecule has 1 amide bonds. The van der Waals surface area contributed by atoms with Crippen LogP contribution >= 0.6 is 8.25 Å². The minimum Gasteiger partial charge on any atom is -0.366 e. The van der Waals surface area contributed by atoms with Crippen LogP contribution in [0.3, 0.4) is 0 Å². The van der Waals surface area contributed by atoms with Crippen molar-refractivity contribution in [1.29, 1.82) is 0 Å². The van der Waals surface area contributed by atoms with Gasteiger partial charge in [-0.25, -0.2) is 0 Å². The molecule has 1 aromatic rings. The van der Waals surface area contributed by atoms with Gasteiger partial charge in [-0.15, -0.1) is 9.42 Å². The summed E-state index contributed by atoms with van der Waals surface area (Å²) in [4.78, 5) is 18.8. The monoisotopic (exact) mass is 272 g/mol. The summed E-state index contributed by atoms with van der Waals surface area (Å²) in [6.07, 6.45) is 0. The second-order valence-electron chi connectivity index (χ2n) is 3.79. The zero-order chi connectivity index (χ0) is 14.3. The van der Waals surface area contributed by atoms with Crippen molar-refractivity contribution in [2.45, 2.75) is 27.7 Å². The highest BCUT2D eigenvalue weighted by atomic mass is 31.1. The van der Waals surface area contributed by atoms with E-state index in [2.05, 4.69) is 4.52 Å². The Morgan fingerprint density at radius 2 is 1.78 bits per heavy atom. The van der Waals surface area contributed by atoms with E-state index in [4.69, 9.17) is 10.6 Å². The molecule has 0 spiro atoms. The number of primary amides is 1. The molecular formula is C12H19NO4P+. The first-order valence-electron chi connectivity index (χ1n) is 5.46. The molecular weight excluding hydrogens is 253 g/mol. The Morgan fingerprint density at radius 3 is 2.00 bits per heavy atom. The highest BCUT2D eigenvalue weighted by Gasteiger charge is 2.08. The zero-order valence-electron chi connectivity index (χ0n) is 11.1. The maximum atomic E-state index is 11.0. The largest absolute Gasteiger partial charge is 0.694 e. The summed E-state index contributed by atoms with van der Waals surface area (Å²) in [5.41, 5.74) is 8.96. The summed E-state index contributed by atoms with van der Waals surface area (Å²) in [5.74, 6) is -0.343. The number of nitrogens with two attached hydrogens (primary N) is 1. The van der Waals surface area contributed by atoms with E-state index in [9.17, 15) is 9.36 Å². The van der Waals surface area contributed by atoms with E-state index in [1.807, 2.05) is 32.9 Å². The van der Waals surface area contributed by atoms with Crippen LogP contribution in [0, 0.1) is 20.8 Å². The van der Waals surface area contributed by atoms with Gasteiger partial charge in [-0.1, -0.05) is 17.7 Å². The average molecular weight is 272 g/mol. The molecule has 18 heavy (non-hydrogen) atoms. The smallest absolute Gasteiger partial charge is 0.366 e. The zero-order valence-corrected chi connectivity index (χ0v) is 12.0. The Kier molecular flexibility index (Phi) is 7.36. The van der Waals surface area contributed by atoms with E-state index in [1.54, 1.807) is 6.92 Å². The van der Waals surface area contributed by atoms with Crippen LogP contribution in [0.25, 0.3) is 0 Å². The molecule has 6 heteroatoms.